The Balaban J connectivity index is 1.40. The molecule has 0 aromatic heterocycles. The van der Waals surface area contributed by atoms with Gasteiger partial charge in [0.2, 0.25) is 0 Å². The smallest absolute Gasteiger partial charge is 0.320 e. The fraction of sp³-hybridized carbons (Fsp3) is 0.381. The molecule has 5 nitrogen and oxygen atoms in total. The van der Waals surface area contributed by atoms with Gasteiger partial charge in [0.15, 0.2) is 6.73 Å². The average molecular weight is 353 g/mol. The second-order valence-corrected chi connectivity index (χ2v) is 6.72. The van der Waals surface area contributed by atoms with Crippen LogP contribution in [-0.4, -0.2) is 48.7 Å². The van der Waals surface area contributed by atoms with Crippen molar-refractivity contribution < 1.29 is 9.53 Å². The number of benzene rings is 2. The summed E-state index contributed by atoms with van der Waals surface area (Å²) in [5.41, 5.74) is 3.60. The molecule has 0 unspecified atom stereocenters. The van der Waals surface area contributed by atoms with Gasteiger partial charge in [-0.2, -0.15) is 0 Å². The summed E-state index contributed by atoms with van der Waals surface area (Å²) in [5, 5.41) is 2.86. The van der Waals surface area contributed by atoms with Crippen LogP contribution in [0, 0.1) is 13.8 Å². The molecule has 0 bridgehead atoms. The van der Waals surface area contributed by atoms with Gasteiger partial charge in [-0.3, -0.25) is 4.90 Å². The molecule has 5 heteroatoms. The van der Waals surface area contributed by atoms with E-state index in [1.165, 1.54) is 11.1 Å². The summed E-state index contributed by atoms with van der Waals surface area (Å²) in [6.45, 7) is 8.46. The van der Waals surface area contributed by atoms with E-state index in [1.54, 1.807) is 0 Å². The Hall–Kier alpha value is -2.53. The summed E-state index contributed by atoms with van der Waals surface area (Å²) in [6, 6.07) is 16.3. The number of ether oxygens (including phenoxy) is 1. The highest BCUT2D eigenvalue weighted by atomic mass is 16.5. The van der Waals surface area contributed by atoms with Gasteiger partial charge in [0, 0.05) is 32.7 Å². The highest BCUT2D eigenvalue weighted by Crippen LogP contribution is 2.20. The van der Waals surface area contributed by atoms with Crippen molar-refractivity contribution in [2.45, 2.75) is 20.4 Å². The molecule has 2 amide bonds. The molecule has 1 fully saturated rings. The van der Waals surface area contributed by atoms with E-state index in [4.69, 9.17) is 4.74 Å². The molecule has 1 heterocycles. The highest BCUT2D eigenvalue weighted by molar-refractivity contribution is 5.74. The van der Waals surface area contributed by atoms with E-state index in [0.29, 0.717) is 0 Å². The lowest BCUT2D eigenvalue weighted by molar-refractivity contribution is 0.130. The largest absolute Gasteiger partial charge is 0.473 e. The maximum Gasteiger partial charge on any atom is 0.320 e. The van der Waals surface area contributed by atoms with Crippen LogP contribution >= 0.6 is 0 Å². The Labute approximate surface area is 155 Å². The lowest BCUT2D eigenvalue weighted by atomic mass is 10.1. The second-order valence-electron chi connectivity index (χ2n) is 6.72. The van der Waals surface area contributed by atoms with Gasteiger partial charge in [0.25, 0.3) is 0 Å². The minimum Gasteiger partial charge on any atom is -0.473 e. The number of rotatable bonds is 5. The number of hydrogen-bond acceptors (Lipinski definition) is 3. The van der Waals surface area contributed by atoms with Crippen LogP contribution in [0.1, 0.15) is 16.7 Å². The number of nitrogens with zero attached hydrogens (tertiary/aromatic N) is 2. The normalized spacial score (nSPS) is 14.9. The van der Waals surface area contributed by atoms with Crippen molar-refractivity contribution >= 4 is 6.03 Å². The number of urea groups is 1. The highest BCUT2D eigenvalue weighted by Gasteiger charge is 2.20. The van der Waals surface area contributed by atoms with Gasteiger partial charge in [-0.15, -0.1) is 0 Å². The van der Waals surface area contributed by atoms with E-state index in [0.717, 1.165) is 44.0 Å². The number of amides is 2. The lowest BCUT2D eigenvalue weighted by Gasteiger charge is -2.34. The van der Waals surface area contributed by atoms with E-state index in [2.05, 4.69) is 47.5 Å². The molecule has 0 radical (unpaired) electrons. The number of aryl methyl sites for hydroxylation is 1. The number of nitrogens with one attached hydrogen (secondary N) is 1. The van der Waals surface area contributed by atoms with Crippen LogP contribution in [0.15, 0.2) is 48.5 Å². The van der Waals surface area contributed by atoms with Crippen molar-refractivity contribution in [3.63, 3.8) is 0 Å². The van der Waals surface area contributed by atoms with Gasteiger partial charge in [0.1, 0.15) is 5.75 Å². The molecule has 1 aliphatic rings. The molecular weight excluding hydrogens is 326 g/mol. The van der Waals surface area contributed by atoms with Crippen molar-refractivity contribution in [1.82, 2.24) is 15.1 Å². The summed E-state index contributed by atoms with van der Waals surface area (Å²) in [6.07, 6.45) is 0. The molecule has 1 aliphatic heterocycles. The lowest BCUT2D eigenvalue weighted by Crippen LogP contribution is -2.51. The van der Waals surface area contributed by atoms with Gasteiger partial charge < -0.3 is 15.0 Å². The van der Waals surface area contributed by atoms with E-state index in [9.17, 15) is 4.79 Å². The first kappa shape index (κ1) is 18.3. The Bertz CT molecular complexity index is 725. The van der Waals surface area contributed by atoms with Gasteiger partial charge in [-0.25, -0.2) is 4.79 Å². The Morgan fingerprint density at radius 3 is 2.46 bits per heavy atom. The van der Waals surface area contributed by atoms with Crippen molar-refractivity contribution in [3.05, 3.63) is 65.2 Å². The fourth-order valence-corrected chi connectivity index (χ4v) is 3.12. The summed E-state index contributed by atoms with van der Waals surface area (Å²) in [7, 11) is 0. The first-order chi connectivity index (χ1) is 12.6. The number of piperazine rings is 1. The van der Waals surface area contributed by atoms with Gasteiger partial charge in [-0.05, 0) is 36.6 Å². The quantitative estimate of drug-likeness (QED) is 0.840. The third kappa shape index (κ3) is 4.76. The fourth-order valence-electron chi connectivity index (χ4n) is 3.12. The predicted octanol–water partition coefficient (Wildman–Crippen LogP) is 3.17. The monoisotopic (exact) mass is 353 g/mol. The van der Waals surface area contributed by atoms with Crippen molar-refractivity contribution in [2.75, 3.05) is 32.9 Å². The number of hydrogen-bond donors (Lipinski definition) is 1. The van der Waals surface area contributed by atoms with Crippen molar-refractivity contribution in [3.8, 4) is 5.75 Å². The minimum absolute atomic E-state index is 0.0605. The SMILES string of the molecule is Cc1cccc(OCNC(=O)N2CCN(Cc3ccccc3)CC2)c1C. The molecule has 1 N–H and O–H groups in total. The molecule has 1 saturated heterocycles. The van der Waals surface area contributed by atoms with Crippen LogP contribution in [0.4, 0.5) is 4.79 Å². The molecule has 26 heavy (non-hydrogen) atoms. The molecule has 0 saturated carbocycles. The number of carbonyl (C=O) groups is 1. The summed E-state index contributed by atoms with van der Waals surface area (Å²) < 4.78 is 5.71. The van der Waals surface area contributed by atoms with E-state index in [1.807, 2.05) is 30.0 Å². The molecule has 0 atom stereocenters. The van der Waals surface area contributed by atoms with Gasteiger partial charge >= 0.3 is 6.03 Å². The minimum atomic E-state index is -0.0605. The van der Waals surface area contributed by atoms with Crippen molar-refractivity contribution in [1.29, 1.82) is 0 Å². The Kier molecular flexibility index (Phi) is 6.12. The van der Waals surface area contributed by atoms with Crippen LogP contribution in [-0.2, 0) is 6.54 Å². The molecule has 2 aromatic carbocycles. The van der Waals surface area contributed by atoms with Crippen molar-refractivity contribution in [2.24, 2.45) is 0 Å². The third-order valence-electron chi connectivity index (χ3n) is 4.91. The standard InChI is InChI=1S/C21H27N3O2/c1-17-7-6-10-20(18(17)2)26-16-22-21(25)24-13-11-23(12-14-24)15-19-8-4-3-5-9-19/h3-10H,11-16H2,1-2H3,(H,22,25). The van der Waals surface area contributed by atoms with Crippen LogP contribution in [0.5, 0.6) is 5.75 Å². The second kappa shape index (κ2) is 8.72. The molecular formula is C21H27N3O2. The average Bonchev–Trinajstić information content (AvgIpc) is 2.66. The van der Waals surface area contributed by atoms with Crippen LogP contribution in [0.25, 0.3) is 0 Å². The molecule has 138 valence electrons. The molecule has 3 rings (SSSR count). The van der Waals surface area contributed by atoms with Crippen LogP contribution in [0.2, 0.25) is 0 Å². The van der Waals surface area contributed by atoms with Gasteiger partial charge in [-0.1, -0.05) is 42.5 Å². The third-order valence-corrected chi connectivity index (χ3v) is 4.91. The Morgan fingerprint density at radius 2 is 1.73 bits per heavy atom. The van der Waals surface area contributed by atoms with E-state index >= 15 is 0 Å². The molecule has 0 aliphatic carbocycles. The zero-order valence-corrected chi connectivity index (χ0v) is 15.6. The maximum absolute atomic E-state index is 12.3. The van der Waals surface area contributed by atoms with E-state index in [-0.39, 0.29) is 12.8 Å². The summed E-state index contributed by atoms with van der Waals surface area (Å²) in [5.74, 6) is 0.818. The maximum atomic E-state index is 12.3. The number of carbonyl (C=O) groups excluding carboxylic acids is 1. The first-order valence-electron chi connectivity index (χ1n) is 9.11. The predicted molar refractivity (Wildman–Crippen MR) is 103 cm³/mol. The van der Waals surface area contributed by atoms with Crippen LogP contribution in [0.3, 0.4) is 0 Å². The molecule has 2 aromatic rings. The molecule has 0 spiro atoms. The zero-order valence-electron chi connectivity index (χ0n) is 15.6. The summed E-state index contributed by atoms with van der Waals surface area (Å²) >= 11 is 0. The van der Waals surface area contributed by atoms with Gasteiger partial charge in [0.05, 0.1) is 0 Å². The van der Waals surface area contributed by atoms with Crippen LogP contribution < -0.4 is 10.1 Å². The van der Waals surface area contributed by atoms with E-state index < -0.39 is 0 Å². The Morgan fingerprint density at radius 1 is 1.00 bits per heavy atom. The topological polar surface area (TPSA) is 44.8 Å². The zero-order chi connectivity index (χ0) is 18.4. The summed E-state index contributed by atoms with van der Waals surface area (Å²) in [4.78, 5) is 16.6. The first-order valence-corrected chi connectivity index (χ1v) is 9.11.